The summed E-state index contributed by atoms with van der Waals surface area (Å²) in [5, 5.41) is 0.638. The summed E-state index contributed by atoms with van der Waals surface area (Å²) < 4.78 is 38.4. The van der Waals surface area contributed by atoms with Crippen molar-refractivity contribution in [3.05, 3.63) is 64.2 Å². The Morgan fingerprint density at radius 3 is 2.14 bits per heavy atom. The number of halogens is 1. The molecule has 2 aromatic rings. The predicted octanol–water partition coefficient (Wildman–Crippen LogP) is 7.04. The molecular weight excluding hydrogens is 556 g/mol. The molecule has 2 fully saturated rings. The zero-order valence-corrected chi connectivity index (χ0v) is 26.3. The van der Waals surface area contributed by atoms with Crippen LogP contribution in [0.2, 0.25) is 5.02 Å². The molecule has 2 saturated heterocycles. The Morgan fingerprint density at radius 2 is 1.52 bits per heavy atom. The fourth-order valence-electron chi connectivity index (χ4n) is 5.63. The lowest BCUT2D eigenvalue weighted by Crippen LogP contribution is -2.67. The number of fused-ring (bicyclic) bond motifs is 2. The van der Waals surface area contributed by atoms with Crippen LogP contribution in [0.5, 0.6) is 5.75 Å². The van der Waals surface area contributed by atoms with Crippen LogP contribution in [0.25, 0.3) is 0 Å². The summed E-state index contributed by atoms with van der Waals surface area (Å²) in [6, 6.07) is 13.8. The molecule has 2 aliphatic rings. The van der Waals surface area contributed by atoms with Gasteiger partial charge in [0, 0.05) is 30.4 Å². The van der Waals surface area contributed by atoms with Crippen molar-refractivity contribution in [3.8, 4) is 5.75 Å². The van der Waals surface area contributed by atoms with Crippen molar-refractivity contribution < 1.29 is 33.2 Å². The monoisotopic (exact) mass is 602 g/mol. The molecule has 232 valence electrons. The summed E-state index contributed by atoms with van der Waals surface area (Å²) in [7, 11) is 0. The summed E-state index contributed by atoms with van der Waals surface area (Å²) >= 11 is 6.73. The maximum atomic E-state index is 12.8. The topological polar surface area (TPSA) is 72.5 Å². The van der Waals surface area contributed by atoms with Gasteiger partial charge in [-0.1, -0.05) is 69.8 Å². The summed E-state index contributed by atoms with van der Waals surface area (Å²) in [5.41, 5.74) is 1.44. The second-order valence-electron chi connectivity index (χ2n) is 11.2. The molecule has 2 bridgehead atoms. The fourth-order valence-corrected chi connectivity index (χ4v) is 5.82. The Kier molecular flexibility index (Phi) is 12.3. The molecule has 0 aromatic heterocycles. The Labute approximate surface area is 256 Å². The largest absolute Gasteiger partial charge is 0.494 e. The van der Waals surface area contributed by atoms with E-state index in [4.69, 9.17) is 40.0 Å². The molecular formula is C34H47ClO7. The van der Waals surface area contributed by atoms with E-state index in [1.54, 1.807) is 0 Å². The first kappa shape index (κ1) is 32.9. The average Bonchev–Trinajstić information content (AvgIpc) is 3.36. The van der Waals surface area contributed by atoms with Gasteiger partial charge in [0.25, 0.3) is 0 Å². The van der Waals surface area contributed by atoms with E-state index in [0.29, 0.717) is 37.9 Å². The quantitative estimate of drug-likeness (QED) is 0.134. The number of benzene rings is 2. The molecule has 0 spiro atoms. The smallest absolute Gasteiger partial charge is 0.226 e. The highest BCUT2D eigenvalue weighted by molar-refractivity contribution is 6.31. The Morgan fingerprint density at radius 1 is 0.881 bits per heavy atom. The maximum absolute atomic E-state index is 12.8. The molecule has 0 unspecified atom stereocenters. The van der Waals surface area contributed by atoms with Crippen molar-refractivity contribution >= 4 is 17.9 Å². The lowest BCUT2D eigenvalue weighted by Gasteiger charge is -2.49. The summed E-state index contributed by atoms with van der Waals surface area (Å²) in [4.78, 5) is 12.8. The maximum Gasteiger partial charge on any atom is 0.226 e. The Hall–Kier alpha value is -2.00. The molecule has 2 aromatic carbocycles. The number of carbonyl (C=O) groups is 1. The Bertz CT molecular complexity index is 1130. The van der Waals surface area contributed by atoms with Gasteiger partial charge in [-0.05, 0) is 68.0 Å². The van der Waals surface area contributed by atoms with Crippen LogP contribution in [0.3, 0.4) is 0 Å². The van der Waals surface area contributed by atoms with E-state index in [9.17, 15) is 4.79 Å². The van der Waals surface area contributed by atoms with Crippen molar-refractivity contribution in [3.63, 3.8) is 0 Å². The van der Waals surface area contributed by atoms with Crippen LogP contribution in [0.4, 0.5) is 0 Å². The van der Waals surface area contributed by atoms with Gasteiger partial charge in [0.2, 0.25) is 5.79 Å². The van der Waals surface area contributed by atoms with Crippen molar-refractivity contribution in [1.82, 2.24) is 0 Å². The number of ether oxygens (including phenoxy) is 6. The molecule has 0 radical (unpaired) electrons. The first-order valence-corrected chi connectivity index (χ1v) is 16.0. The first-order chi connectivity index (χ1) is 20.5. The van der Waals surface area contributed by atoms with Crippen molar-refractivity contribution in [1.29, 1.82) is 0 Å². The molecule has 0 amide bonds. The van der Waals surface area contributed by atoms with E-state index in [2.05, 4.69) is 20.8 Å². The highest BCUT2D eigenvalue weighted by Crippen LogP contribution is 2.52. The minimum atomic E-state index is -1.35. The normalized spacial score (nSPS) is 26.8. The van der Waals surface area contributed by atoms with Crippen LogP contribution in [0, 0.1) is 0 Å². The SMILES string of the molecule is CCCCO[C@@H]1[C@@H](OCCCC)[C@@]2(c3ccc(Cl)c(Cc4ccc(OCC)cc4)c3)OC[C@](C=O)(O2)[C@H]1OCCCC. The average molecular weight is 603 g/mol. The third-order valence-corrected chi connectivity index (χ3v) is 8.35. The number of hydrogen-bond acceptors (Lipinski definition) is 7. The molecule has 2 aliphatic heterocycles. The van der Waals surface area contributed by atoms with Crippen molar-refractivity contribution in [2.24, 2.45) is 0 Å². The van der Waals surface area contributed by atoms with Gasteiger partial charge in [0.15, 0.2) is 11.9 Å². The van der Waals surface area contributed by atoms with Crippen LogP contribution >= 0.6 is 11.6 Å². The van der Waals surface area contributed by atoms with Gasteiger partial charge in [-0.3, -0.25) is 4.79 Å². The van der Waals surface area contributed by atoms with Gasteiger partial charge < -0.3 is 28.4 Å². The fraction of sp³-hybridized carbons (Fsp3) is 0.618. The molecule has 5 atom stereocenters. The van der Waals surface area contributed by atoms with E-state index in [-0.39, 0.29) is 6.61 Å². The van der Waals surface area contributed by atoms with Gasteiger partial charge >= 0.3 is 0 Å². The standard InChI is InChI=1S/C34H47ClO7/c1-5-9-18-38-30-31(39-19-10-6-2)33(23-36)24-41-34(42-33,32(30)40-20-11-7-3)27-14-17-29(35)26(22-27)21-25-12-15-28(16-13-25)37-8-4/h12-17,22-23,30-32H,5-11,18-21,24H2,1-4H3/t30-,31-,32+,33-,34-/m0/s1. The van der Waals surface area contributed by atoms with Gasteiger partial charge in [0.1, 0.15) is 24.1 Å². The van der Waals surface area contributed by atoms with Crippen LogP contribution in [0.1, 0.15) is 82.9 Å². The highest BCUT2D eigenvalue weighted by Gasteiger charge is 2.69. The van der Waals surface area contributed by atoms with E-state index >= 15 is 0 Å². The van der Waals surface area contributed by atoms with Crippen LogP contribution in [-0.2, 0) is 40.7 Å². The molecule has 7 nitrogen and oxygen atoms in total. The second kappa shape index (κ2) is 15.6. The number of aldehydes is 1. The predicted molar refractivity (Wildman–Crippen MR) is 163 cm³/mol. The van der Waals surface area contributed by atoms with Gasteiger partial charge in [0.05, 0.1) is 13.2 Å². The van der Waals surface area contributed by atoms with E-state index < -0.39 is 29.7 Å². The molecule has 0 aliphatic carbocycles. The number of carbonyl (C=O) groups excluding carboxylic acids is 1. The number of unbranched alkanes of at least 4 members (excludes halogenated alkanes) is 3. The second-order valence-corrected chi connectivity index (χ2v) is 11.6. The van der Waals surface area contributed by atoms with Crippen LogP contribution < -0.4 is 4.74 Å². The van der Waals surface area contributed by atoms with Crippen molar-refractivity contribution in [2.75, 3.05) is 33.0 Å². The minimum absolute atomic E-state index is 0.0470. The summed E-state index contributed by atoms with van der Waals surface area (Å²) in [6.07, 6.45) is 5.14. The van der Waals surface area contributed by atoms with Gasteiger partial charge in [-0.25, -0.2) is 0 Å². The molecule has 8 heteroatoms. The molecule has 4 rings (SSSR count). The number of hydrogen-bond donors (Lipinski definition) is 0. The molecule has 0 N–H and O–H groups in total. The number of rotatable bonds is 18. The van der Waals surface area contributed by atoms with Crippen LogP contribution in [-0.4, -0.2) is 63.2 Å². The van der Waals surface area contributed by atoms with Crippen LogP contribution in [0.15, 0.2) is 42.5 Å². The van der Waals surface area contributed by atoms with Gasteiger partial charge in [-0.2, -0.15) is 0 Å². The first-order valence-electron chi connectivity index (χ1n) is 15.6. The molecule has 42 heavy (non-hydrogen) atoms. The third-order valence-electron chi connectivity index (χ3n) is 7.98. The zero-order valence-electron chi connectivity index (χ0n) is 25.6. The summed E-state index contributed by atoms with van der Waals surface area (Å²) in [6.45, 7) is 10.5. The molecule has 2 heterocycles. The van der Waals surface area contributed by atoms with Gasteiger partial charge in [-0.15, -0.1) is 0 Å². The van der Waals surface area contributed by atoms with E-state index in [1.807, 2.05) is 49.4 Å². The van der Waals surface area contributed by atoms with E-state index in [0.717, 1.165) is 67.3 Å². The lowest BCUT2D eigenvalue weighted by atomic mass is 9.83. The van der Waals surface area contributed by atoms with Crippen molar-refractivity contribution in [2.45, 2.75) is 102 Å². The Balaban J connectivity index is 1.73. The highest BCUT2D eigenvalue weighted by atomic mass is 35.5. The van der Waals surface area contributed by atoms with E-state index in [1.165, 1.54) is 0 Å². The summed E-state index contributed by atoms with van der Waals surface area (Å²) in [5.74, 6) is -0.522. The third kappa shape index (κ3) is 7.20. The zero-order chi connectivity index (χ0) is 30.0. The minimum Gasteiger partial charge on any atom is -0.494 e. The molecule has 0 saturated carbocycles. The lowest BCUT2D eigenvalue weighted by molar-refractivity contribution is -0.337.